The molecule has 0 aliphatic heterocycles. The Bertz CT molecular complexity index is 324. The van der Waals surface area contributed by atoms with Gasteiger partial charge in [-0.15, -0.1) is 0 Å². The average Bonchev–Trinajstić information content (AvgIpc) is 2.46. The monoisotopic (exact) mass is 297 g/mol. The summed E-state index contributed by atoms with van der Waals surface area (Å²) in [5, 5.41) is 2.89. The molecular formula is C17H31NO3. The van der Waals surface area contributed by atoms with Crippen molar-refractivity contribution in [3.8, 4) is 0 Å². The van der Waals surface area contributed by atoms with Crippen LogP contribution < -0.4 is 5.32 Å². The summed E-state index contributed by atoms with van der Waals surface area (Å²) in [6.45, 7) is 6.40. The molecule has 1 N–H and O–H groups in total. The van der Waals surface area contributed by atoms with E-state index in [2.05, 4.69) is 5.32 Å². The first-order valence-electron chi connectivity index (χ1n) is 8.28. The third-order valence-corrected chi connectivity index (χ3v) is 3.57. The summed E-state index contributed by atoms with van der Waals surface area (Å²) in [4.78, 5) is 34.0. The Kier molecular flexibility index (Phi) is 11.8. The number of hydrogen-bond acceptors (Lipinski definition) is 3. The molecule has 0 aromatic rings. The van der Waals surface area contributed by atoms with E-state index in [0.29, 0.717) is 38.0 Å². The number of carbonyl (C=O) groups is 3. The Labute approximate surface area is 129 Å². The summed E-state index contributed by atoms with van der Waals surface area (Å²) in [6.07, 6.45) is 6.72. The zero-order valence-electron chi connectivity index (χ0n) is 13.9. The van der Waals surface area contributed by atoms with Crippen molar-refractivity contribution in [1.29, 1.82) is 0 Å². The summed E-state index contributed by atoms with van der Waals surface area (Å²) < 4.78 is 0. The molecule has 0 saturated heterocycles. The quantitative estimate of drug-likeness (QED) is 0.530. The molecule has 0 radical (unpaired) electrons. The number of Topliss-reactive ketones (excluding diaryl/α,β-unsaturated/α-hetero) is 2. The zero-order chi connectivity index (χ0) is 16.1. The molecule has 0 spiro atoms. The Balaban J connectivity index is 3.38. The van der Waals surface area contributed by atoms with E-state index < -0.39 is 0 Å². The zero-order valence-corrected chi connectivity index (χ0v) is 13.9. The van der Waals surface area contributed by atoms with Crippen LogP contribution in [-0.4, -0.2) is 24.0 Å². The van der Waals surface area contributed by atoms with Crippen LogP contribution in [0.25, 0.3) is 0 Å². The lowest BCUT2D eigenvalue weighted by Gasteiger charge is -2.06. The SMILES string of the molecule is CCC(=O)CCCCC(=O)NCCCCCC(=O)C(C)C. The standard InChI is InChI=1S/C17H31NO3/c1-4-15(19)10-7-8-12-17(21)18-13-9-5-6-11-16(20)14(2)3/h14H,4-13H2,1-3H3,(H,18,21). The molecule has 0 bridgehead atoms. The molecule has 0 saturated carbocycles. The van der Waals surface area contributed by atoms with E-state index in [4.69, 9.17) is 0 Å². The van der Waals surface area contributed by atoms with Crippen molar-refractivity contribution >= 4 is 17.5 Å². The number of nitrogens with one attached hydrogen (secondary N) is 1. The van der Waals surface area contributed by atoms with Gasteiger partial charge in [0.15, 0.2) is 0 Å². The number of rotatable bonds is 13. The third-order valence-electron chi connectivity index (χ3n) is 3.57. The summed E-state index contributed by atoms with van der Waals surface area (Å²) >= 11 is 0. The van der Waals surface area contributed by atoms with Gasteiger partial charge in [0.25, 0.3) is 0 Å². The fourth-order valence-electron chi connectivity index (χ4n) is 1.99. The van der Waals surface area contributed by atoms with E-state index in [1.54, 1.807) is 0 Å². The van der Waals surface area contributed by atoms with Crippen LogP contribution in [0.2, 0.25) is 0 Å². The molecule has 0 aromatic carbocycles. The number of ketones is 2. The van der Waals surface area contributed by atoms with Gasteiger partial charge in [-0.25, -0.2) is 0 Å². The van der Waals surface area contributed by atoms with E-state index >= 15 is 0 Å². The van der Waals surface area contributed by atoms with E-state index in [1.165, 1.54) is 0 Å². The van der Waals surface area contributed by atoms with Gasteiger partial charge < -0.3 is 5.32 Å². The van der Waals surface area contributed by atoms with Crippen molar-refractivity contribution in [2.75, 3.05) is 6.54 Å². The van der Waals surface area contributed by atoms with Gasteiger partial charge in [0.1, 0.15) is 11.6 Å². The minimum Gasteiger partial charge on any atom is -0.356 e. The van der Waals surface area contributed by atoms with Crippen molar-refractivity contribution in [3.63, 3.8) is 0 Å². The Morgan fingerprint density at radius 1 is 0.857 bits per heavy atom. The molecule has 1 amide bonds. The summed E-state index contributed by atoms with van der Waals surface area (Å²) in [6, 6.07) is 0. The fourth-order valence-corrected chi connectivity index (χ4v) is 1.99. The molecular weight excluding hydrogens is 266 g/mol. The van der Waals surface area contributed by atoms with Gasteiger partial charge in [0, 0.05) is 38.1 Å². The molecule has 0 aromatic heterocycles. The van der Waals surface area contributed by atoms with Crippen LogP contribution in [0.15, 0.2) is 0 Å². The summed E-state index contributed by atoms with van der Waals surface area (Å²) in [5.41, 5.74) is 0. The largest absolute Gasteiger partial charge is 0.356 e. The number of hydrogen-bond donors (Lipinski definition) is 1. The van der Waals surface area contributed by atoms with Gasteiger partial charge in [-0.3, -0.25) is 14.4 Å². The minimum atomic E-state index is 0.0669. The van der Waals surface area contributed by atoms with Crippen LogP contribution >= 0.6 is 0 Å². The van der Waals surface area contributed by atoms with Crippen molar-refractivity contribution in [1.82, 2.24) is 5.32 Å². The lowest BCUT2D eigenvalue weighted by molar-refractivity contribution is -0.122. The van der Waals surface area contributed by atoms with E-state index in [1.807, 2.05) is 20.8 Å². The van der Waals surface area contributed by atoms with E-state index in [0.717, 1.165) is 32.1 Å². The second kappa shape index (κ2) is 12.5. The smallest absolute Gasteiger partial charge is 0.219 e. The maximum Gasteiger partial charge on any atom is 0.219 e. The Morgan fingerprint density at radius 2 is 1.48 bits per heavy atom. The predicted octanol–water partition coefficient (Wildman–Crippen LogP) is 3.43. The molecule has 21 heavy (non-hydrogen) atoms. The van der Waals surface area contributed by atoms with Gasteiger partial charge in [0.05, 0.1) is 0 Å². The van der Waals surface area contributed by atoms with Gasteiger partial charge in [-0.1, -0.05) is 27.2 Å². The molecule has 0 rings (SSSR count). The molecule has 0 aliphatic rings. The molecule has 4 heteroatoms. The molecule has 0 unspecified atom stereocenters. The lowest BCUT2D eigenvalue weighted by Crippen LogP contribution is -2.24. The molecule has 0 aliphatic carbocycles. The highest BCUT2D eigenvalue weighted by Crippen LogP contribution is 2.06. The first-order valence-corrected chi connectivity index (χ1v) is 8.28. The predicted molar refractivity (Wildman–Crippen MR) is 85.1 cm³/mol. The second-order valence-corrected chi connectivity index (χ2v) is 5.88. The highest BCUT2D eigenvalue weighted by molar-refractivity contribution is 5.80. The van der Waals surface area contributed by atoms with Crippen molar-refractivity contribution in [2.24, 2.45) is 5.92 Å². The highest BCUT2D eigenvalue weighted by Gasteiger charge is 2.06. The fraction of sp³-hybridized carbons (Fsp3) is 0.824. The number of amides is 1. The molecule has 0 fully saturated rings. The Morgan fingerprint density at radius 3 is 2.10 bits per heavy atom. The average molecular weight is 297 g/mol. The first kappa shape index (κ1) is 19.8. The van der Waals surface area contributed by atoms with Gasteiger partial charge >= 0.3 is 0 Å². The van der Waals surface area contributed by atoms with E-state index in [9.17, 15) is 14.4 Å². The van der Waals surface area contributed by atoms with Gasteiger partial charge in [0.2, 0.25) is 5.91 Å². The normalized spacial score (nSPS) is 10.7. The van der Waals surface area contributed by atoms with Crippen molar-refractivity contribution in [3.05, 3.63) is 0 Å². The van der Waals surface area contributed by atoms with Crippen LogP contribution in [0, 0.1) is 5.92 Å². The number of unbranched alkanes of at least 4 members (excludes halogenated alkanes) is 3. The first-order chi connectivity index (χ1) is 9.97. The van der Waals surface area contributed by atoms with E-state index in [-0.39, 0.29) is 17.6 Å². The van der Waals surface area contributed by atoms with Crippen molar-refractivity contribution in [2.45, 2.75) is 78.6 Å². The topological polar surface area (TPSA) is 63.2 Å². The molecule has 122 valence electrons. The van der Waals surface area contributed by atoms with Crippen LogP contribution in [0.4, 0.5) is 0 Å². The van der Waals surface area contributed by atoms with Crippen LogP contribution in [0.3, 0.4) is 0 Å². The van der Waals surface area contributed by atoms with Crippen molar-refractivity contribution < 1.29 is 14.4 Å². The summed E-state index contributed by atoms with van der Waals surface area (Å²) in [7, 11) is 0. The summed E-state index contributed by atoms with van der Waals surface area (Å²) in [5.74, 6) is 0.786. The van der Waals surface area contributed by atoms with Gasteiger partial charge in [-0.05, 0) is 25.7 Å². The minimum absolute atomic E-state index is 0.0669. The lowest BCUT2D eigenvalue weighted by atomic mass is 10.0. The number of carbonyl (C=O) groups excluding carboxylic acids is 3. The molecule has 0 atom stereocenters. The van der Waals surface area contributed by atoms with Crippen LogP contribution in [-0.2, 0) is 14.4 Å². The van der Waals surface area contributed by atoms with Gasteiger partial charge in [-0.2, -0.15) is 0 Å². The molecule has 0 heterocycles. The third kappa shape index (κ3) is 12.3. The Hall–Kier alpha value is -1.19. The maximum atomic E-state index is 11.5. The maximum absolute atomic E-state index is 11.5. The molecule has 4 nitrogen and oxygen atoms in total. The van der Waals surface area contributed by atoms with Crippen LogP contribution in [0.1, 0.15) is 78.6 Å². The second-order valence-electron chi connectivity index (χ2n) is 5.88. The van der Waals surface area contributed by atoms with Crippen LogP contribution in [0.5, 0.6) is 0 Å². The highest BCUT2D eigenvalue weighted by atomic mass is 16.1.